The maximum atomic E-state index is 10.3. The average molecular weight is 186 g/mol. The predicted octanol–water partition coefficient (Wildman–Crippen LogP) is 1.29. The van der Waals surface area contributed by atoms with Crippen molar-refractivity contribution in [2.75, 3.05) is 6.61 Å². The molecule has 1 rings (SSSR count). The Labute approximate surface area is 74.6 Å². The first kappa shape index (κ1) is 10.8. The Morgan fingerprint density at radius 1 is 1.50 bits per heavy atom. The quantitative estimate of drug-likeness (QED) is 0.653. The molecule has 0 atom stereocenters. The number of rotatable bonds is 2. The molecule has 4 heteroatoms. The molecule has 1 heterocycles. The molecule has 0 aliphatic carbocycles. The summed E-state index contributed by atoms with van der Waals surface area (Å²) in [5.74, 6) is 0. The molecule has 12 heavy (non-hydrogen) atoms. The van der Waals surface area contributed by atoms with Gasteiger partial charge in [-0.1, -0.05) is 0 Å². The van der Waals surface area contributed by atoms with Gasteiger partial charge >= 0.3 is 0 Å². The fourth-order valence-corrected chi connectivity index (χ4v) is 0.898. The molecule has 0 spiro atoms. The minimum Gasteiger partial charge on any atom is -0.468 e. The number of carbonyl (C=O) groups excluding carboxylic acids is 1. The van der Waals surface area contributed by atoms with E-state index in [9.17, 15) is 9.59 Å². The molecule has 1 aromatic rings. The molecule has 3 nitrogen and oxygen atoms in total. The third-order valence-electron chi connectivity index (χ3n) is 0.856. The molecule has 0 saturated carbocycles. The van der Waals surface area contributed by atoms with Crippen molar-refractivity contribution in [3.8, 4) is 0 Å². The summed E-state index contributed by atoms with van der Waals surface area (Å²) in [6.45, 7) is 2.66. The summed E-state index contributed by atoms with van der Waals surface area (Å²) in [5.41, 5.74) is 0.0822. The largest absolute Gasteiger partial charge is 0.468 e. The van der Waals surface area contributed by atoms with Gasteiger partial charge in [0, 0.05) is 0 Å². The summed E-state index contributed by atoms with van der Waals surface area (Å²) >= 11 is 1.52. The molecule has 0 radical (unpaired) electrons. The lowest BCUT2D eigenvalue weighted by atomic mass is 10.6. The normalized spacial score (nSPS) is 7.75. The van der Waals surface area contributed by atoms with Crippen molar-refractivity contribution in [3.05, 3.63) is 33.1 Å². The fraction of sp³-hybridized carbons (Fsp3) is 0.250. The van der Waals surface area contributed by atoms with E-state index < -0.39 is 0 Å². The third kappa shape index (κ3) is 6.95. The van der Waals surface area contributed by atoms with Crippen molar-refractivity contribution in [2.45, 2.75) is 6.92 Å². The summed E-state index contributed by atoms with van der Waals surface area (Å²) in [6, 6.07) is 3.09. The van der Waals surface area contributed by atoms with Crippen LogP contribution in [0.1, 0.15) is 6.92 Å². The van der Waals surface area contributed by atoms with Crippen LogP contribution in [-0.2, 0) is 9.53 Å². The van der Waals surface area contributed by atoms with Crippen molar-refractivity contribution < 1.29 is 9.53 Å². The van der Waals surface area contributed by atoms with Gasteiger partial charge in [-0.05, 0) is 29.8 Å². The monoisotopic (exact) mass is 186 g/mol. The Balaban J connectivity index is 0.000000217. The van der Waals surface area contributed by atoms with E-state index in [1.165, 1.54) is 11.3 Å². The van der Waals surface area contributed by atoms with Crippen LogP contribution < -0.4 is 5.43 Å². The van der Waals surface area contributed by atoms with E-state index in [0.29, 0.717) is 13.1 Å². The Hall–Kier alpha value is -1.16. The van der Waals surface area contributed by atoms with E-state index in [4.69, 9.17) is 0 Å². The topological polar surface area (TPSA) is 43.4 Å². The molecular formula is C8H10O3S. The van der Waals surface area contributed by atoms with Crippen LogP contribution in [0, 0.1) is 0 Å². The molecule has 0 bridgehead atoms. The number of ether oxygens (including phenoxy) is 1. The minimum absolute atomic E-state index is 0.0822. The van der Waals surface area contributed by atoms with Crippen molar-refractivity contribution in [1.29, 1.82) is 0 Å². The standard InChI is InChI=1S/C5H4OS.C3H6O2/c6-5-1-3-7-4-2-5;1-2-5-3-4/h1-4H;3H,2H2,1H3. The van der Waals surface area contributed by atoms with Crippen molar-refractivity contribution >= 4 is 17.8 Å². The first-order valence-corrected chi connectivity index (χ1v) is 4.33. The molecule has 66 valence electrons. The zero-order chi connectivity index (χ0) is 9.23. The highest BCUT2D eigenvalue weighted by Crippen LogP contribution is 1.85. The van der Waals surface area contributed by atoms with Crippen LogP contribution in [0.15, 0.2) is 27.7 Å². The van der Waals surface area contributed by atoms with Crippen molar-refractivity contribution in [3.63, 3.8) is 0 Å². The molecule has 0 fully saturated rings. The first-order chi connectivity index (χ1) is 5.81. The molecule has 0 aliphatic heterocycles. The van der Waals surface area contributed by atoms with Crippen LogP contribution in [0.2, 0.25) is 0 Å². The molecule has 1 aromatic heterocycles. The van der Waals surface area contributed by atoms with Gasteiger partial charge in [0.15, 0.2) is 5.43 Å². The van der Waals surface area contributed by atoms with Crippen molar-refractivity contribution in [2.24, 2.45) is 0 Å². The smallest absolute Gasteiger partial charge is 0.293 e. The highest BCUT2D eigenvalue weighted by molar-refractivity contribution is 7.07. The number of hydrogen-bond acceptors (Lipinski definition) is 4. The van der Waals surface area contributed by atoms with Gasteiger partial charge in [-0.25, -0.2) is 0 Å². The van der Waals surface area contributed by atoms with Crippen LogP contribution in [0.25, 0.3) is 0 Å². The highest BCUT2D eigenvalue weighted by Gasteiger charge is 1.71. The Morgan fingerprint density at radius 2 is 2.08 bits per heavy atom. The zero-order valence-corrected chi connectivity index (χ0v) is 7.54. The lowest BCUT2D eigenvalue weighted by molar-refractivity contribution is -0.128. The van der Waals surface area contributed by atoms with Crippen LogP contribution in [-0.4, -0.2) is 13.1 Å². The van der Waals surface area contributed by atoms with Gasteiger partial charge in [0.1, 0.15) is 0 Å². The maximum Gasteiger partial charge on any atom is 0.293 e. The van der Waals surface area contributed by atoms with Gasteiger partial charge in [-0.2, -0.15) is 11.3 Å². The Morgan fingerprint density at radius 3 is 2.25 bits per heavy atom. The summed E-state index contributed by atoms with van der Waals surface area (Å²) in [6.07, 6.45) is 0. The summed E-state index contributed by atoms with van der Waals surface area (Å²) in [5, 5.41) is 3.53. The van der Waals surface area contributed by atoms with E-state index >= 15 is 0 Å². The molecule has 0 amide bonds. The summed E-state index contributed by atoms with van der Waals surface area (Å²) in [4.78, 5) is 19.5. The highest BCUT2D eigenvalue weighted by atomic mass is 32.1. The second kappa shape index (κ2) is 7.94. The van der Waals surface area contributed by atoms with Crippen LogP contribution in [0.4, 0.5) is 0 Å². The molecule has 0 aliphatic rings. The van der Waals surface area contributed by atoms with Gasteiger partial charge in [0.2, 0.25) is 0 Å². The van der Waals surface area contributed by atoms with E-state index in [1.54, 1.807) is 29.8 Å². The van der Waals surface area contributed by atoms with Gasteiger partial charge in [-0.15, -0.1) is 0 Å². The Bertz CT molecular complexity index is 239. The Kier molecular flexibility index (Phi) is 7.17. The number of carbonyl (C=O) groups is 1. The molecule has 0 unspecified atom stereocenters. The SMILES string of the molecule is CCOC=O.O=c1ccscc1. The van der Waals surface area contributed by atoms with E-state index in [1.807, 2.05) is 0 Å². The minimum atomic E-state index is 0.0822. The van der Waals surface area contributed by atoms with Crippen LogP contribution >= 0.6 is 11.3 Å². The lowest BCUT2D eigenvalue weighted by Crippen LogP contribution is -1.89. The second-order valence-electron chi connectivity index (χ2n) is 1.70. The molecule has 0 aromatic carbocycles. The van der Waals surface area contributed by atoms with Crippen molar-refractivity contribution in [1.82, 2.24) is 0 Å². The zero-order valence-electron chi connectivity index (χ0n) is 6.73. The van der Waals surface area contributed by atoms with Gasteiger partial charge in [0.25, 0.3) is 6.47 Å². The fourth-order valence-electron chi connectivity index (χ4n) is 0.382. The molecular weight excluding hydrogens is 176 g/mol. The van der Waals surface area contributed by atoms with E-state index in [-0.39, 0.29) is 5.43 Å². The van der Waals surface area contributed by atoms with E-state index in [2.05, 4.69) is 4.74 Å². The summed E-state index contributed by atoms with van der Waals surface area (Å²) < 4.78 is 4.15. The predicted molar refractivity (Wildman–Crippen MR) is 48.3 cm³/mol. The third-order valence-corrected chi connectivity index (χ3v) is 1.44. The van der Waals surface area contributed by atoms with Crippen LogP contribution in [0.3, 0.4) is 0 Å². The van der Waals surface area contributed by atoms with Gasteiger partial charge in [-0.3, -0.25) is 9.59 Å². The van der Waals surface area contributed by atoms with Gasteiger partial charge < -0.3 is 4.74 Å². The average Bonchev–Trinajstić information content (AvgIpc) is 2.08. The summed E-state index contributed by atoms with van der Waals surface area (Å²) in [7, 11) is 0. The molecule has 0 N–H and O–H groups in total. The van der Waals surface area contributed by atoms with Crippen LogP contribution in [0.5, 0.6) is 0 Å². The first-order valence-electron chi connectivity index (χ1n) is 3.39. The van der Waals surface area contributed by atoms with Gasteiger partial charge in [0.05, 0.1) is 6.61 Å². The second-order valence-corrected chi connectivity index (χ2v) is 2.51. The number of hydrogen-bond donors (Lipinski definition) is 0. The maximum absolute atomic E-state index is 10.3. The van der Waals surface area contributed by atoms with E-state index in [0.717, 1.165) is 0 Å². The molecule has 0 saturated heterocycles. The lowest BCUT2D eigenvalue weighted by Gasteiger charge is -1.79.